The first-order chi connectivity index (χ1) is 9.97. The van der Waals surface area contributed by atoms with E-state index in [-0.39, 0.29) is 17.5 Å². The van der Waals surface area contributed by atoms with Gasteiger partial charge in [0.25, 0.3) is 0 Å². The summed E-state index contributed by atoms with van der Waals surface area (Å²) in [6, 6.07) is 4.54. The Labute approximate surface area is 128 Å². The Balaban J connectivity index is 1.81. The second-order valence-corrected chi connectivity index (χ2v) is 5.86. The van der Waals surface area contributed by atoms with E-state index in [4.69, 9.17) is 11.6 Å². The summed E-state index contributed by atoms with van der Waals surface area (Å²) in [5.74, 6) is -0.706. The highest BCUT2D eigenvalue weighted by Crippen LogP contribution is 2.20. The van der Waals surface area contributed by atoms with E-state index in [0.717, 1.165) is 19.4 Å². The molecule has 116 valence electrons. The van der Waals surface area contributed by atoms with Crippen molar-refractivity contribution in [3.8, 4) is 0 Å². The van der Waals surface area contributed by atoms with Gasteiger partial charge < -0.3 is 10.4 Å². The number of carbonyl (C=O) groups is 1. The van der Waals surface area contributed by atoms with Crippen LogP contribution in [0.1, 0.15) is 31.4 Å². The van der Waals surface area contributed by atoms with Crippen LogP contribution in [0.5, 0.6) is 0 Å². The molecule has 4 nitrogen and oxygen atoms in total. The van der Waals surface area contributed by atoms with Gasteiger partial charge in [0.05, 0.1) is 17.7 Å². The van der Waals surface area contributed by atoms with E-state index < -0.39 is 11.9 Å². The molecule has 2 N–H and O–H groups in total. The summed E-state index contributed by atoms with van der Waals surface area (Å²) in [4.78, 5) is 14.0. The lowest BCUT2D eigenvalue weighted by molar-refractivity contribution is -0.122. The van der Waals surface area contributed by atoms with Crippen molar-refractivity contribution in [3.05, 3.63) is 34.6 Å². The first-order valence-electron chi connectivity index (χ1n) is 7.11. The molecule has 1 amide bonds. The predicted octanol–water partition coefficient (Wildman–Crippen LogP) is 2.11. The highest BCUT2D eigenvalue weighted by molar-refractivity contribution is 6.30. The number of halogens is 2. The minimum absolute atomic E-state index is 0.0120. The number of nitrogens with zero attached hydrogens (tertiary/aromatic N) is 1. The van der Waals surface area contributed by atoms with Crippen LogP contribution >= 0.6 is 11.6 Å². The zero-order valence-electron chi connectivity index (χ0n) is 12.0. The Bertz CT molecular complexity index is 512. The number of carbonyl (C=O) groups excluding carboxylic acids is 1. The molecular weight excluding hydrogens is 295 g/mol. The average Bonchev–Trinajstić information content (AvgIpc) is 2.84. The molecular formula is C15H20ClFN2O2. The van der Waals surface area contributed by atoms with Crippen molar-refractivity contribution >= 4 is 17.5 Å². The summed E-state index contributed by atoms with van der Waals surface area (Å²) < 4.78 is 13.3. The third-order valence-electron chi connectivity index (χ3n) is 3.86. The first-order valence-corrected chi connectivity index (χ1v) is 7.49. The van der Waals surface area contributed by atoms with Crippen molar-refractivity contribution in [2.45, 2.75) is 31.9 Å². The fourth-order valence-corrected chi connectivity index (χ4v) is 2.63. The van der Waals surface area contributed by atoms with Crippen molar-refractivity contribution < 1.29 is 14.3 Å². The molecule has 1 aliphatic heterocycles. The highest BCUT2D eigenvalue weighted by Gasteiger charge is 2.22. The number of benzene rings is 1. The third-order valence-corrected chi connectivity index (χ3v) is 4.16. The van der Waals surface area contributed by atoms with Crippen LogP contribution in [-0.2, 0) is 4.79 Å². The molecule has 2 atom stereocenters. The van der Waals surface area contributed by atoms with Crippen molar-refractivity contribution in [2.75, 3.05) is 19.6 Å². The van der Waals surface area contributed by atoms with Gasteiger partial charge in [0.1, 0.15) is 5.82 Å². The van der Waals surface area contributed by atoms with E-state index >= 15 is 0 Å². The fraction of sp³-hybridized carbons (Fsp3) is 0.533. The number of hydrogen-bond donors (Lipinski definition) is 2. The minimum atomic E-state index is -0.947. The predicted molar refractivity (Wildman–Crippen MR) is 79.6 cm³/mol. The maximum absolute atomic E-state index is 13.3. The van der Waals surface area contributed by atoms with E-state index in [1.165, 1.54) is 12.1 Å². The van der Waals surface area contributed by atoms with Crippen LogP contribution < -0.4 is 5.32 Å². The van der Waals surface area contributed by atoms with Gasteiger partial charge in [0, 0.05) is 12.6 Å². The normalized spacial score (nSPS) is 20.5. The topological polar surface area (TPSA) is 52.6 Å². The van der Waals surface area contributed by atoms with Crippen LogP contribution in [0.3, 0.4) is 0 Å². The van der Waals surface area contributed by atoms with E-state index in [0.29, 0.717) is 18.2 Å². The van der Waals surface area contributed by atoms with Gasteiger partial charge >= 0.3 is 0 Å². The number of aliphatic hydroxyl groups is 1. The largest absolute Gasteiger partial charge is 0.387 e. The van der Waals surface area contributed by atoms with E-state index in [1.54, 1.807) is 6.07 Å². The van der Waals surface area contributed by atoms with Crippen LogP contribution in [0.2, 0.25) is 5.02 Å². The van der Waals surface area contributed by atoms with Gasteiger partial charge in [0.15, 0.2) is 0 Å². The summed E-state index contributed by atoms with van der Waals surface area (Å²) in [7, 11) is 0. The molecule has 1 heterocycles. The lowest BCUT2D eigenvalue weighted by Gasteiger charge is -2.20. The Morgan fingerprint density at radius 3 is 3.00 bits per heavy atom. The summed E-state index contributed by atoms with van der Waals surface area (Å²) >= 11 is 5.59. The fourth-order valence-electron chi connectivity index (χ4n) is 2.52. The number of likely N-dealkylation sites (tertiary alicyclic amines) is 1. The molecule has 0 bridgehead atoms. The second-order valence-electron chi connectivity index (χ2n) is 5.46. The van der Waals surface area contributed by atoms with Gasteiger partial charge in [-0.05, 0) is 44.0 Å². The van der Waals surface area contributed by atoms with Gasteiger partial charge in [-0.25, -0.2) is 4.39 Å². The quantitative estimate of drug-likeness (QED) is 0.875. The molecule has 2 unspecified atom stereocenters. The average molecular weight is 315 g/mol. The summed E-state index contributed by atoms with van der Waals surface area (Å²) in [5, 5.41) is 12.6. The summed E-state index contributed by atoms with van der Waals surface area (Å²) in [5.41, 5.74) is 0.395. The number of hydrogen-bond acceptors (Lipinski definition) is 3. The highest BCUT2D eigenvalue weighted by atomic mass is 35.5. The van der Waals surface area contributed by atoms with Crippen molar-refractivity contribution in [1.82, 2.24) is 10.2 Å². The number of nitrogens with one attached hydrogen (secondary N) is 1. The second kappa shape index (κ2) is 7.20. The lowest BCUT2D eigenvalue weighted by atomic mass is 10.1. The minimum Gasteiger partial charge on any atom is -0.387 e. The van der Waals surface area contributed by atoms with Crippen molar-refractivity contribution in [3.63, 3.8) is 0 Å². The van der Waals surface area contributed by atoms with Crippen LogP contribution in [-0.4, -0.2) is 41.6 Å². The van der Waals surface area contributed by atoms with Gasteiger partial charge in [-0.1, -0.05) is 17.7 Å². The molecule has 0 aliphatic carbocycles. The molecule has 0 spiro atoms. The Hall–Kier alpha value is -1.17. The molecule has 1 aromatic rings. The monoisotopic (exact) mass is 314 g/mol. The zero-order valence-corrected chi connectivity index (χ0v) is 12.7. The summed E-state index contributed by atoms with van der Waals surface area (Å²) in [6.07, 6.45) is 1.28. The van der Waals surface area contributed by atoms with E-state index in [2.05, 4.69) is 17.1 Å². The van der Waals surface area contributed by atoms with Crippen LogP contribution in [0.4, 0.5) is 4.39 Å². The molecule has 6 heteroatoms. The standard InChI is InChI=1S/C15H20ClFN2O2/c1-10-3-2-6-19(10)9-15(21)18-8-14(20)11-4-5-12(16)13(17)7-11/h4-5,7,10,14,20H,2-3,6,8-9H2,1H3,(H,18,21). The molecule has 21 heavy (non-hydrogen) atoms. The first kappa shape index (κ1) is 16.2. The van der Waals surface area contributed by atoms with Gasteiger partial charge in [-0.2, -0.15) is 0 Å². The van der Waals surface area contributed by atoms with Gasteiger partial charge in [-0.3, -0.25) is 9.69 Å². The molecule has 1 aromatic carbocycles. The molecule has 0 aromatic heterocycles. The van der Waals surface area contributed by atoms with E-state index in [1.807, 2.05) is 0 Å². The number of aliphatic hydroxyl groups excluding tert-OH is 1. The number of rotatable bonds is 5. The lowest BCUT2D eigenvalue weighted by Crippen LogP contribution is -2.40. The van der Waals surface area contributed by atoms with Crippen LogP contribution in [0.25, 0.3) is 0 Å². The smallest absolute Gasteiger partial charge is 0.234 e. The van der Waals surface area contributed by atoms with Crippen LogP contribution in [0, 0.1) is 5.82 Å². The van der Waals surface area contributed by atoms with E-state index in [9.17, 15) is 14.3 Å². The maximum atomic E-state index is 13.3. The molecule has 0 saturated carbocycles. The molecule has 2 rings (SSSR count). The van der Waals surface area contributed by atoms with Gasteiger partial charge in [0.2, 0.25) is 5.91 Å². The molecule has 1 fully saturated rings. The molecule has 1 saturated heterocycles. The van der Waals surface area contributed by atoms with Crippen molar-refractivity contribution in [2.24, 2.45) is 0 Å². The SMILES string of the molecule is CC1CCCN1CC(=O)NCC(O)c1ccc(Cl)c(F)c1. The Kier molecular flexibility index (Phi) is 5.56. The van der Waals surface area contributed by atoms with Crippen molar-refractivity contribution in [1.29, 1.82) is 0 Å². The van der Waals surface area contributed by atoms with Crippen LogP contribution in [0.15, 0.2) is 18.2 Å². The van der Waals surface area contributed by atoms with Gasteiger partial charge in [-0.15, -0.1) is 0 Å². The zero-order chi connectivity index (χ0) is 15.4. The Morgan fingerprint density at radius 2 is 2.38 bits per heavy atom. The molecule has 1 aliphatic rings. The summed E-state index contributed by atoms with van der Waals surface area (Å²) in [6.45, 7) is 3.43. The Morgan fingerprint density at radius 1 is 1.62 bits per heavy atom. The molecule has 0 radical (unpaired) electrons. The number of amides is 1. The maximum Gasteiger partial charge on any atom is 0.234 e. The third kappa shape index (κ3) is 4.40.